The normalized spacial score (nSPS) is 11.4. The van der Waals surface area contributed by atoms with Gasteiger partial charge in [0.15, 0.2) is 0 Å². The van der Waals surface area contributed by atoms with Gasteiger partial charge in [0.05, 0.1) is 12.8 Å². The zero-order valence-electron chi connectivity index (χ0n) is 11.5. The van der Waals surface area contributed by atoms with E-state index in [2.05, 4.69) is 26.0 Å². The summed E-state index contributed by atoms with van der Waals surface area (Å²) < 4.78 is 33.4. The summed E-state index contributed by atoms with van der Waals surface area (Å²) in [7, 11) is -0.322. The summed E-state index contributed by atoms with van der Waals surface area (Å²) in [6, 6.07) is 6.72. The summed E-state index contributed by atoms with van der Waals surface area (Å²) in [5.41, 5.74) is 0.441. The summed E-state index contributed by atoms with van der Waals surface area (Å²) in [6.45, 7) is 0.507. The van der Waals surface area contributed by atoms with Crippen molar-refractivity contribution in [2.24, 2.45) is 0 Å². The number of ether oxygens (including phenoxy) is 1. The molecule has 0 atom stereocenters. The fraction of sp³-hybridized carbons (Fsp3) is 0.231. The molecule has 5 nitrogen and oxygen atoms in total. The number of thiophene rings is 1. The molecule has 0 unspecified atom stereocenters. The van der Waals surface area contributed by atoms with Crippen LogP contribution in [0.4, 0.5) is 5.69 Å². The maximum atomic E-state index is 12.5. The van der Waals surface area contributed by atoms with Gasteiger partial charge in [-0.15, -0.1) is 11.3 Å². The van der Waals surface area contributed by atoms with E-state index in [9.17, 15) is 8.42 Å². The number of hydrogen-bond donors (Lipinski definition) is 2. The van der Waals surface area contributed by atoms with Crippen molar-refractivity contribution in [3.63, 3.8) is 0 Å². The van der Waals surface area contributed by atoms with E-state index in [4.69, 9.17) is 4.74 Å². The molecule has 0 saturated carbocycles. The van der Waals surface area contributed by atoms with Gasteiger partial charge in [0.2, 0.25) is 0 Å². The van der Waals surface area contributed by atoms with Gasteiger partial charge in [-0.2, -0.15) is 0 Å². The number of rotatable bonds is 6. The average Bonchev–Trinajstić information content (AvgIpc) is 2.91. The average molecular weight is 391 g/mol. The summed E-state index contributed by atoms with van der Waals surface area (Å²) in [5.74, 6) is 0.580. The van der Waals surface area contributed by atoms with E-state index in [1.54, 1.807) is 36.7 Å². The van der Waals surface area contributed by atoms with Gasteiger partial charge in [0.25, 0.3) is 10.0 Å². The minimum Gasteiger partial charge on any atom is -0.497 e. The molecule has 0 aliphatic rings. The molecule has 8 heteroatoms. The topological polar surface area (TPSA) is 67.4 Å². The molecule has 21 heavy (non-hydrogen) atoms. The highest BCUT2D eigenvalue weighted by atomic mass is 79.9. The van der Waals surface area contributed by atoms with Gasteiger partial charge in [-0.25, -0.2) is 8.42 Å². The minimum atomic E-state index is -3.64. The second kappa shape index (κ2) is 6.78. The van der Waals surface area contributed by atoms with E-state index in [0.717, 1.165) is 4.88 Å². The standard InChI is InChI=1S/C13H15BrN2O3S2/c1-15-8-12-13(5-6-20-12)21(17,18)16-11-7-9(19-2)3-4-10(11)14/h3-7,15-16H,8H2,1-2H3. The van der Waals surface area contributed by atoms with Crippen molar-refractivity contribution in [2.45, 2.75) is 11.4 Å². The molecule has 1 heterocycles. The first kappa shape index (κ1) is 16.3. The molecule has 2 aromatic rings. The molecule has 2 rings (SSSR count). The molecule has 1 aromatic carbocycles. The molecule has 114 valence electrons. The predicted octanol–water partition coefficient (Wildman–Crippen LogP) is 3.04. The number of hydrogen-bond acceptors (Lipinski definition) is 5. The lowest BCUT2D eigenvalue weighted by Crippen LogP contribution is -2.16. The van der Waals surface area contributed by atoms with Gasteiger partial charge in [-0.05, 0) is 46.6 Å². The first-order valence-electron chi connectivity index (χ1n) is 6.05. The van der Waals surface area contributed by atoms with Gasteiger partial charge in [0, 0.05) is 22.0 Å². The van der Waals surface area contributed by atoms with Crippen LogP contribution in [0, 0.1) is 0 Å². The third kappa shape index (κ3) is 3.76. The molecule has 0 spiro atoms. The molecule has 2 N–H and O–H groups in total. The molecule has 0 aliphatic carbocycles. The summed E-state index contributed by atoms with van der Waals surface area (Å²) in [6.07, 6.45) is 0. The zero-order valence-corrected chi connectivity index (χ0v) is 14.7. The van der Waals surface area contributed by atoms with Gasteiger partial charge >= 0.3 is 0 Å². The Morgan fingerprint density at radius 2 is 2.10 bits per heavy atom. The van der Waals surface area contributed by atoms with Crippen molar-refractivity contribution >= 4 is 43.0 Å². The highest BCUT2D eigenvalue weighted by molar-refractivity contribution is 9.10. The van der Waals surface area contributed by atoms with Crippen molar-refractivity contribution < 1.29 is 13.2 Å². The van der Waals surface area contributed by atoms with Gasteiger partial charge < -0.3 is 10.1 Å². The zero-order chi connectivity index (χ0) is 15.5. The van der Waals surface area contributed by atoms with Crippen LogP contribution in [-0.4, -0.2) is 22.6 Å². The van der Waals surface area contributed by atoms with E-state index < -0.39 is 10.0 Å². The van der Waals surface area contributed by atoms with Crippen LogP contribution < -0.4 is 14.8 Å². The summed E-state index contributed by atoms with van der Waals surface area (Å²) in [5, 5.41) is 4.73. The Labute approximate surface area is 136 Å². The van der Waals surface area contributed by atoms with E-state index >= 15 is 0 Å². The fourth-order valence-corrected chi connectivity index (χ4v) is 4.77. The Morgan fingerprint density at radius 1 is 1.33 bits per heavy atom. The monoisotopic (exact) mass is 390 g/mol. The van der Waals surface area contributed by atoms with Crippen LogP contribution in [0.2, 0.25) is 0 Å². The Hall–Kier alpha value is -1.09. The number of anilines is 1. The van der Waals surface area contributed by atoms with E-state index in [1.807, 2.05) is 0 Å². The predicted molar refractivity (Wildman–Crippen MR) is 88.6 cm³/mol. The molecule has 0 amide bonds. The quantitative estimate of drug-likeness (QED) is 0.795. The fourth-order valence-electron chi connectivity index (χ4n) is 1.77. The van der Waals surface area contributed by atoms with Gasteiger partial charge in [-0.3, -0.25) is 4.72 Å². The van der Waals surface area contributed by atoms with Crippen LogP contribution in [-0.2, 0) is 16.6 Å². The second-order valence-corrected chi connectivity index (χ2v) is 7.70. The Balaban J connectivity index is 2.35. The molecular formula is C13H15BrN2O3S2. The Morgan fingerprint density at radius 3 is 2.76 bits per heavy atom. The molecule has 0 bridgehead atoms. The molecule has 1 aromatic heterocycles. The van der Waals surface area contributed by atoms with Gasteiger partial charge in [0.1, 0.15) is 10.6 Å². The molecule has 0 radical (unpaired) electrons. The van der Waals surface area contributed by atoms with E-state index in [0.29, 0.717) is 22.5 Å². The van der Waals surface area contributed by atoms with Crippen LogP contribution in [0.15, 0.2) is 39.0 Å². The van der Waals surface area contributed by atoms with Crippen molar-refractivity contribution in [1.29, 1.82) is 0 Å². The Kier molecular flexibility index (Phi) is 5.26. The summed E-state index contributed by atoms with van der Waals surface area (Å²) >= 11 is 4.74. The van der Waals surface area contributed by atoms with Crippen molar-refractivity contribution in [3.05, 3.63) is 39.0 Å². The van der Waals surface area contributed by atoms with Crippen molar-refractivity contribution in [1.82, 2.24) is 5.32 Å². The van der Waals surface area contributed by atoms with Crippen LogP contribution in [0.25, 0.3) is 0 Å². The molecule has 0 fully saturated rings. The highest BCUT2D eigenvalue weighted by Crippen LogP contribution is 2.30. The number of halogens is 1. The van der Waals surface area contributed by atoms with Crippen molar-refractivity contribution in [2.75, 3.05) is 18.9 Å². The number of methoxy groups -OCH3 is 1. The van der Waals surface area contributed by atoms with Gasteiger partial charge in [-0.1, -0.05) is 0 Å². The van der Waals surface area contributed by atoms with Crippen LogP contribution in [0.5, 0.6) is 5.75 Å². The smallest absolute Gasteiger partial charge is 0.263 e. The molecule has 0 saturated heterocycles. The minimum absolute atomic E-state index is 0.288. The first-order valence-corrected chi connectivity index (χ1v) is 9.21. The van der Waals surface area contributed by atoms with Crippen molar-refractivity contribution in [3.8, 4) is 5.75 Å². The lowest BCUT2D eigenvalue weighted by Gasteiger charge is -2.11. The maximum absolute atomic E-state index is 12.5. The summed E-state index contributed by atoms with van der Waals surface area (Å²) in [4.78, 5) is 1.06. The van der Waals surface area contributed by atoms with Crippen LogP contribution in [0.1, 0.15) is 4.88 Å². The SMILES string of the molecule is CNCc1sccc1S(=O)(=O)Nc1cc(OC)ccc1Br. The molecule has 0 aliphatic heterocycles. The van der Waals surface area contributed by atoms with E-state index in [-0.39, 0.29) is 4.90 Å². The highest BCUT2D eigenvalue weighted by Gasteiger charge is 2.20. The number of benzene rings is 1. The maximum Gasteiger partial charge on any atom is 0.263 e. The largest absolute Gasteiger partial charge is 0.497 e. The third-order valence-corrected chi connectivity index (χ3v) is 5.94. The first-order chi connectivity index (χ1) is 9.97. The number of nitrogens with one attached hydrogen (secondary N) is 2. The van der Waals surface area contributed by atoms with E-state index in [1.165, 1.54) is 18.4 Å². The van der Waals surface area contributed by atoms with Crippen LogP contribution in [0.3, 0.4) is 0 Å². The van der Waals surface area contributed by atoms with Crippen LogP contribution >= 0.6 is 27.3 Å². The molecular weight excluding hydrogens is 376 g/mol. The lowest BCUT2D eigenvalue weighted by molar-refractivity contribution is 0.415. The number of sulfonamides is 1. The third-order valence-electron chi connectivity index (χ3n) is 2.75. The lowest BCUT2D eigenvalue weighted by atomic mass is 10.3. The second-order valence-electron chi connectivity index (χ2n) is 4.19. The Bertz CT molecular complexity index is 729.